The molecule has 6 nitrogen and oxygen atoms in total. The van der Waals surface area contributed by atoms with Gasteiger partial charge in [0.15, 0.2) is 5.82 Å². The molecule has 1 heterocycles. The number of carbonyl (C=O) groups is 1. The topological polar surface area (TPSA) is 79.9 Å². The molecule has 2 N–H and O–H groups in total. The standard InChI is InChI=1S/C20H28N4O2S/c1-14-9-7-8-12-17(14)26-13-18-22-20(24-23-18)27-15(2)19(25)21-16-10-5-3-4-6-11-16/h7-9,12,15-16H,3-6,10-11,13H2,1-2H3,(H,21,25)(H,22,23,24)/t15-/m0/s1. The predicted molar refractivity (Wildman–Crippen MR) is 107 cm³/mol. The van der Waals surface area contributed by atoms with Crippen molar-refractivity contribution >= 4 is 17.7 Å². The number of amides is 1. The summed E-state index contributed by atoms with van der Waals surface area (Å²) < 4.78 is 5.78. The second-order valence-electron chi connectivity index (χ2n) is 7.08. The fourth-order valence-electron chi connectivity index (χ4n) is 3.21. The summed E-state index contributed by atoms with van der Waals surface area (Å²) in [4.78, 5) is 16.9. The van der Waals surface area contributed by atoms with E-state index in [0.29, 0.717) is 23.6 Å². The van der Waals surface area contributed by atoms with E-state index in [0.717, 1.165) is 24.2 Å². The van der Waals surface area contributed by atoms with Crippen LogP contribution in [0, 0.1) is 6.92 Å². The zero-order valence-corrected chi connectivity index (χ0v) is 16.8. The first-order chi connectivity index (χ1) is 13.1. The third-order valence-corrected chi connectivity index (χ3v) is 5.78. The van der Waals surface area contributed by atoms with E-state index in [1.54, 1.807) is 0 Å². The van der Waals surface area contributed by atoms with Gasteiger partial charge in [-0.25, -0.2) is 4.98 Å². The van der Waals surface area contributed by atoms with Crippen LogP contribution in [-0.2, 0) is 11.4 Å². The number of aryl methyl sites for hydroxylation is 1. The van der Waals surface area contributed by atoms with Gasteiger partial charge in [-0.1, -0.05) is 55.6 Å². The molecule has 0 radical (unpaired) electrons. The molecule has 1 aliphatic rings. The summed E-state index contributed by atoms with van der Waals surface area (Å²) in [5.41, 5.74) is 1.08. The monoisotopic (exact) mass is 388 g/mol. The number of hydrogen-bond donors (Lipinski definition) is 2. The van der Waals surface area contributed by atoms with Crippen molar-refractivity contribution in [2.24, 2.45) is 0 Å². The van der Waals surface area contributed by atoms with Crippen LogP contribution in [0.3, 0.4) is 0 Å². The van der Waals surface area contributed by atoms with Crippen LogP contribution in [0.5, 0.6) is 5.75 Å². The Kier molecular flexibility index (Phi) is 7.15. The Morgan fingerprint density at radius 3 is 2.78 bits per heavy atom. The average molecular weight is 389 g/mol. The van der Waals surface area contributed by atoms with Crippen molar-refractivity contribution in [3.8, 4) is 5.75 Å². The minimum atomic E-state index is -0.228. The molecule has 0 spiro atoms. The fraction of sp³-hybridized carbons (Fsp3) is 0.550. The van der Waals surface area contributed by atoms with Crippen molar-refractivity contribution in [3.05, 3.63) is 35.7 Å². The van der Waals surface area contributed by atoms with Crippen LogP contribution < -0.4 is 10.1 Å². The van der Waals surface area contributed by atoms with Crippen LogP contribution in [0.15, 0.2) is 29.4 Å². The van der Waals surface area contributed by atoms with Crippen LogP contribution in [0.2, 0.25) is 0 Å². The minimum Gasteiger partial charge on any atom is -0.485 e. The number of nitrogens with one attached hydrogen (secondary N) is 2. The molecule has 1 amide bonds. The Labute approximate surface area is 164 Å². The first-order valence-corrected chi connectivity index (χ1v) is 10.6. The van der Waals surface area contributed by atoms with Gasteiger partial charge in [0.25, 0.3) is 0 Å². The van der Waals surface area contributed by atoms with Gasteiger partial charge in [0.05, 0.1) is 5.25 Å². The highest BCUT2D eigenvalue weighted by atomic mass is 32.2. The van der Waals surface area contributed by atoms with Gasteiger partial charge in [-0.2, -0.15) is 0 Å². The van der Waals surface area contributed by atoms with Gasteiger partial charge in [-0.15, -0.1) is 5.10 Å². The third kappa shape index (κ3) is 5.99. The molecule has 3 rings (SSSR count). The SMILES string of the molecule is Cc1ccccc1OCc1nc(S[C@@H](C)C(=O)NC2CCCCCC2)n[nH]1. The lowest BCUT2D eigenvalue weighted by Gasteiger charge is -2.18. The third-order valence-electron chi connectivity index (χ3n) is 4.82. The number of carbonyl (C=O) groups excluding carboxylic acids is 1. The zero-order valence-electron chi connectivity index (χ0n) is 16.0. The number of hydrogen-bond acceptors (Lipinski definition) is 5. The van der Waals surface area contributed by atoms with E-state index in [1.807, 2.05) is 38.1 Å². The van der Waals surface area contributed by atoms with Crippen molar-refractivity contribution < 1.29 is 9.53 Å². The van der Waals surface area contributed by atoms with Crippen LogP contribution in [0.4, 0.5) is 0 Å². The molecule has 1 aromatic heterocycles. The molecule has 146 valence electrons. The van der Waals surface area contributed by atoms with E-state index >= 15 is 0 Å². The van der Waals surface area contributed by atoms with E-state index in [1.165, 1.54) is 37.4 Å². The summed E-state index contributed by atoms with van der Waals surface area (Å²) >= 11 is 1.37. The highest BCUT2D eigenvalue weighted by Crippen LogP contribution is 2.22. The van der Waals surface area contributed by atoms with Crippen LogP contribution in [-0.4, -0.2) is 32.4 Å². The Morgan fingerprint density at radius 1 is 1.30 bits per heavy atom. The Morgan fingerprint density at radius 2 is 2.04 bits per heavy atom. The molecule has 0 aliphatic heterocycles. The lowest BCUT2D eigenvalue weighted by molar-refractivity contribution is -0.121. The largest absolute Gasteiger partial charge is 0.485 e. The maximum atomic E-state index is 12.5. The van der Waals surface area contributed by atoms with Crippen LogP contribution in [0.25, 0.3) is 0 Å². The number of para-hydroxylation sites is 1. The summed E-state index contributed by atoms with van der Waals surface area (Å²) in [6.07, 6.45) is 7.14. The van der Waals surface area contributed by atoms with Crippen molar-refractivity contribution in [1.82, 2.24) is 20.5 Å². The number of ether oxygens (including phenoxy) is 1. The number of H-pyrrole nitrogens is 1. The van der Waals surface area contributed by atoms with E-state index in [9.17, 15) is 4.79 Å². The first-order valence-electron chi connectivity index (χ1n) is 9.68. The van der Waals surface area contributed by atoms with E-state index < -0.39 is 0 Å². The lowest BCUT2D eigenvalue weighted by Crippen LogP contribution is -2.39. The average Bonchev–Trinajstić information content (AvgIpc) is 2.94. The normalized spacial score (nSPS) is 16.5. The number of thioether (sulfide) groups is 1. The van der Waals surface area contributed by atoms with Gasteiger partial charge in [0.2, 0.25) is 11.1 Å². The van der Waals surface area contributed by atoms with Gasteiger partial charge in [-0.05, 0) is 38.3 Å². The van der Waals surface area contributed by atoms with Crippen molar-refractivity contribution in [2.75, 3.05) is 0 Å². The zero-order chi connectivity index (χ0) is 19.1. The highest BCUT2D eigenvalue weighted by molar-refractivity contribution is 8.00. The molecule has 7 heteroatoms. The highest BCUT2D eigenvalue weighted by Gasteiger charge is 2.21. The Balaban J connectivity index is 1.47. The Bertz CT molecular complexity index is 741. The fourth-order valence-corrected chi connectivity index (χ4v) is 3.97. The predicted octanol–water partition coefficient (Wildman–Crippen LogP) is 4.01. The number of aromatic amines is 1. The summed E-state index contributed by atoms with van der Waals surface area (Å²) in [6, 6.07) is 8.17. The number of benzene rings is 1. The molecular formula is C20H28N4O2S. The summed E-state index contributed by atoms with van der Waals surface area (Å²) in [5.74, 6) is 1.55. The molecule has 1 atom stereocenters. The van der Waals surface area contributed by atoms with Gasteiger partial charge >= 0.3 is 0 Å². The quantitative estimate of drug-likeness (QED) is 0.553. The smallest absolute Gasteiger partial charge is 0.233 e. The van der Waals surface area contributed by atoms with Crippen LogP contribution in [0.1, 0.15) is 56.8 Å². The molecule has 2 aromatic rings. The van der Waals surface area contributed by atoms with Gasteiger partial charge in [-0.3, -0.25) is 9.89 Å². The molecule has 0 bridgehead atoms. The van der Waals surface area contributed by atoms with E-state index in [2.05, 4.69) is 20.5 Å². The molecule has 1 aliphatic carbocycles. The molecule has 1 saturated carbocycles. The molecule has 0 saturated heterocycles. The lowest BCUT2D eigenvalue weighted by atomic mass is 10.1. The number of nitrogens with zero attached hydrogens (tertiary/aromatic N) is 2. The maximum Gasteiger partial charge on any atom is 0.233 e. The second-order valence-corrected chi connectivity index (χ2v) is 8.38. The van der Waals surface area contributed by atoms with Crippen molar-refractivity contribution in [1.29, 1.82) is 0 Å². The van der Waals surface area contributed by atoms with E-state index in [4.69, 9.17) is 4.74 Å². The molecule has 1 aromatic carbocycles. The maximum absolute atomic E-state index is 12.5. The van der Waals surface area contributed by atoms with Gasteiger partial charge in [0.1, 0.15) is 12.4 Å². The van der Waals surface area contributed by atoms with Gasteiger partial charge in [0, 0.05) is 6.04 Å². The summed E-state index contributed by atoms with van der Waals surface area (Å²) in [7, 11) is 0. The van der Waals surface area contributed by atoms with E-state index in [-0.39, 0.29) is 11.2 Å². The molecule has 0 unspecified atom stereocenters. The molecule has 27 heavy (non-hydrogen) atoms. The molecule has 1 fully saturated rings. The summed E-state index contributed by atoms with van der Waals surface area (Å²) in [5, 5.41) is 10.6. The summed E-state index contributed by atoms with van der Waals surface area (Å²) in [6.45, 7) is 4.23. The second kappa shape index (κ2) is 9.78. The number of rotatable bonds is 7. The van der Waals surface area contributed by atoms with Crippen molar-refractivity contribution in [3.63, 3.8) is 0 Å². The van der Waals surface area contributed by atoms with Crippen LogP contribution >= 0.6 is 11.8 Å². The first kappa shape index (κ1) is 19.7. The van der Waals surface area contributed by atoms with Gasteiger partial charge < -0.3 is 10.1 Å². The van der Waals surface area contributed by atoms with Crippen molar-refractivity contribution in [2.45, 2.75) is 75.4 Å². The minimum absolute atomic E-state index is 0.0643. The number of aromatic nitrogens is 3. The Hall–Kier alpha value is -2.02. The molecular weight excluding hydrogens is 360 g/mol.